The first kappa shape index (κ1) is 27.7. The summed E-state index contributed by atoms with van der Waals surface area (Å²) in [4.78, 5) is 37.2. The monoisotopic (exact) mass is 490 g/mol. The maximum absolute atomic E-state index is 12.5. The Bertz CT molecular complexity index is 1020. The van der Waals surface area contributed by atoms with E-state index >= 15 is 0 Å². The fourth-order valence-corrected chi connectivity index (χ4v) is 4.28. The van der Waals surface area contributed by atoms with Gasteiger partial charge in [0.1, 0.15) is 6.61 Å². The highest BCUT2D eigenvalue weighted by atomic mass is 32.2. The number of esters is 1. The summed E-state index contributed by atoms with van der Waals surface area (Å²) >= 11 is 1.66. The molecule has 9 heteroatoms. The van der Waals surface area contributed by atoms with E-state index in [1.165, 1.54) is 24.6 Å². The minimum absolute atomic E-state index is 0.174. The minimum atomic E-state index is -0.406. The van der Waals surface area contributed by atoms with Crippen LogP contribution in [-0.2, 0) is 29.5 Å². The Balaban J connectivity index is 1.87. The summed E-state index contributed by atoms with van der Waals surface area (Å²) in [6.45, 7) is 7.43. The third kappa shape index (κ3) is 9.00. The highest BCUT2D eigenvalue weighted by Gasteiger charge is 2.11. The number of hydrogen-bond donors (Lipinski definition) is 1. The SMILES string of the molecule is CCCCCCCn1nc(NCCc2ccc(SC(C)COC(=O)CC)cc2)c(=O)n(C)c1=O. The van der Waals surface area contributed by atoms with E-state index in [4.69, 9.17) is 4.74 Å². The molecule has 2 rings (SSSR count). The molecule has 34 heavy (non-hydrogen) atoms. The van der Waals surface area contributed by atoms with Crippen molar-refractivity contribution in [2.75, 3.05) is 18.5 Å². The second kappa shape index (κ2) is 14.7. The number of thioether (sulfide) groups is 1. The van der Waals surface area contributed by atoms with Crippen molar-refractivity contribution in [2.45, 2.75) is 82.4 Å². The van der Waals surface area contributed by atoms with E-state index < -0.39 is 5.56 Å². The van der Waals surface area contributed by atoms with Crippen LogP contribution in [0.5, 0.6) is 0 Å². The molecule has 0 radical (unpaired) electrons. The molecular weight excluding hydrogens is 452 g/mol. The zero-order valence-corrected chi connectivity index (χ0v) is 21.7. The summed E-state index contributed by atoms with van der Waals surface area (Å²) < 4.78 is 7.70. The lowest BCUT2D eigenvalue weighted by atomic mass is 10.1. The molecule has 1 heterocycles. The molecule has 0 aliphatic carbocycles. The van der Waals surface area contributed by atoms with Crippen LogP contribution >= 0.6 is 11.8 Å². The Labute approximate surface area is 206 Å². The van der Waals surface area contributed by atoms with E-state index in [1.54, 1.807) is 18.7 Å². The molecule has 1 unspecified atom stereocenters. The molecule has 1 atom stereocenters. The molecule has 0 fully saturated rings. The number of aromatic nitrogens is 3. The standard InChI is InChI=1S/C25H38N4O4S/c1-5-7-8-9-10-17-29-25(32)28(4)24(31)23(27-29)26-16-15-20-11-13-21(14-12-20)34-19(3)18-33-22(30)6-2/h11-14,19H,5-10,15-18H2,1-4H3,(H,26,27). The number of anilines is 1. The van der Waals surface area contributed by atoms with Crippen LogP contribution in [0.1, 0.15) is 64.9 Å². The van der Waals surface area contributed by atoms with Crippen LogP contribution in [0.15, 0.2) is 38.8 Å². The van der Waals surface area contributed by atoms with Crippen molar-refractivity contribution in [3.63, 3.8) is 0 Å². The van der Waals surface area contributed by atoms with E-state index in [2.05, 4.69) is 29.5 Å². The van der Waals surface area contributed by atoms with Gasteiger partial charge in [-0.05, 0) is 37.5 Å². The van der Waals surface area contributed by atoms with Gasteiger partial charge >= 0.3 is 11.7 Å². The van der Waals surface area contributed by atoms with Crippen molar-refractivity contribution in [1.29, 1.82) is 0 Å². The number of benzene rings is 1. The maximum atomic E-state index is 12.5. The van der Waals surface area contributed by atoms with Gasteiger partial charge in [-0.1, -0.05) is 51.7 Å². The van der Waals surface area contributed by atoms with E-state index in [1.807, 2.05) is 19.1 Å². The van der Waals surface area contributed by atoms with E-state index in [-0.39, 0.29) is 22.7 Å². The predicted molar refractivity (Wildman–Crippen MR) is 138 cm³/mol. The van der Waals surface area contributed by atoms with Crippen molar-refractivity contribution in [3.8, 4) is 0 Å². The Morgan fingerprint density at radius 2 is 1.82 bits per heavy atom. The van der Waals surface area contributed by atoms with Gasteiger partial charge in [0.05, 0.1) is 0 Å². The number of ether oxygens (including phenoxy) is 1. The first-order chi connectivity index (χ1) is 16.3. The molecule has 188 valence electrons. The van der Waals surface area contributed by atoms with Crippen LogP contribution in [0.2, 0.25) is 0 Å². The number of nitrogens with one attached hydrogen (secondary N) is 1. The molecule has 0 spiro atoms. The minimum Gasteiger partial charge on any atom is -0.465 e. The number of aryl methyl sites for hydroxylation is 1. The van der Waals surface area contributed by atoms with Gasteiger partial charge in [-0.15, -0.1) is 16.9 Å². The van der Waals surface area contributed by atoms with Crippen LogP contribution in [0.25, 0.3) is 0 Å². The van der Waals surface area contributed by atoms with Gasteiger partial charge in [-0.3, -0.25) is 14.2 Å². The molecule has 1 N–H and O–H groups in total. The van der Waals surface area contributed by atoms with Crippen molar-refractivity contribution in [1.82, 2.24) is 14.3 Å². The van der Waals surface area contributed by atoms with Crippen molar-refractivity contribution in [3.05, 3.63) is 50.7 Å². The van der Waals surface area contributed by atoms with Gasteiger partial charge in [0.15, 0.2) is 0 Å². The lowest BCUT2D eigenvalue weighted by Crippen LogP contribution is -2.41. The van der Waals surface area contributed by atoms with Crippen molar-refractivity contribution < 1.29 is 9.53 Å². The number of nitrogens with zero attached hydrogens (tertiary/aromatic N) is 3. The van der Waals surface area contributed by atoms with E-state index in [0.717, 1.165) is 40.7 Å². The summed E-state index contributed by atoms with van der Waals surface area (Å²) in [5.41, 5.74) is 0.345. The Morgan fingerprint density at radius 3 is 2.50 bits per heavy atom. The maximum Gasteiger partial charge on any atom is 0.347 e. The molecule has 0 amide bonds. The zero-order chi connectivity index (χ0) is 24.9. The van der Waals surface area contributed by atoms with E-state index in [9.17, 15) is 14.4 Å². The first-order valence-electron chi connectivity index (χ1n) is 12.2. The van der Waals surface area contributed by atoms with Gasteiger partial charge in [-0.2, -0.15) is 0 Å². The highest BCUT2D eigenvalue weighted by Crippen LogP contribution is 2.24. The van der Waals surface area contributed by atoms with Crippen LogP contribution in [0.4, 0.5) is 5.82 Å². The number of hydrogen-bond acceptors (Lipinski definition) is 7. The topological polar surface area (TPSA) is 95.2 Å². The summed E-state index contributed by atoms with van der Waals surface area (Å²) in [6, 6.07) is 8.21. The van der Waals surface area contributed by atoms with Gasteiger partial charge < -0.3 is 10.1 Å². The molecule has 0 saturated carbocycles. The van der Waals surface area contributed by atoms with Crippen LogP contribution in [0, 0.1) is 0 Å². The van der Waals surface area contributed by atoms with Crippen molar-refractivity contribution >= 4 is 23.5 Å². The quantitative estimate of drug-likeness (QED) is 0.229. The molecule has 1 aromatic carbocycles. The largest absolute Gasteiger partial charge is 0.465 e. The highest BCUT2D eigenvalue weighted by molar-refractivity contribution is 8.00. The number of carbonyl (C=O) groups is 1. The molecule has 0 aliphatic heterocycles. The third-order valence-corrected chi connectivity index (χ3v) is 6.53. The predicted octanol–water partition coefficient (Wildman–Crippen LogP) is 4.00. The second-order valence-corrected chi connectivity index (χ2v) is 9.93. The normalized spacial score (nSPS) is 11.9. The average Bonchev–Trinajstić information content (AvgIpc) is 2.84. The molecular formula is C25H38N4O4S. The molecule has 0 saturated heterocycles. The zero-order valence-electron chi connectivity index (χ0n) is 20.8. The van der Waals surface area contributed by atoms with Gasteiger partial charge in [-0.25, -0.2) is 9.48 Å². The van der Waals surface area contributed by atoms with Crippen LogP contribution in [-0.4, -0.2) is 38.7 Å². The fraction of sp³-hybridized carbons (Fsp3) is 0.600. The smallest absolute Gasteiger partial charge is 0.347 e. The van der Waals surface area contributed by atoms with Gasteiger partial charge in [0.2, 0.25) is 5.82 Å². The third-order valence-electron chi connectivity index (χ3n) is 5.44. The lowest BCUT2D eigenvalue weighted by Gasteiger charge is -2.12. The average molecular weight is 491 g/mol. The van der Waals surface area contributed by atoms with Gasteiger partial charge in [0.25, 0.3) is 5.56 Å². The van der Waals surface area contributed by atoms with Crippen molar-refractivity contribution in [2.24, 2.45) is 7.05 Å². The first-order valence-corrected chi connectivity index (χ1v) is 13.1. The summed E-state index contributed by atoms with van der Waals surface area (Å²) in [7, 11) is 1.49. The molecule has 2 aromatic rings. The van der Waals surface area contributed by atoms with Gasteiger partial charge in [0, 0.05) is 36.7 Å². The Kier molecular flexibility index (Phi) is 11.9. The number of unbranched alkanes of at least 4 members (excludes halogenated alkanes) is 4. The van der Waals surface area contributed by atoms with Crippen LogP contribution in [0.3, 0.4) is 0 Å². The van der Waals surface area contributed by atoms with Crippen LogP contribution < -0.4 is 16.6 Å². The lowest BCUT2D eigenvalue weighted by molar-refractivity contribution is -0.143. The second-order valence-electron chi connectivity index (χ2n) is 8.42. The Hall–Kier alpha value is -2.55. The Morgan fingerprint density at radius 1 is 1.12 bits per heavy atom. The fourth-order valence-electron chi connectivity index (χ4n) is 3.39. The number of carbonyl (C=O) groups excluding carboxylic acids is 1. The number of rotatable bonds is 15. The molecule has 8 nitrogen and oxygen atoms in total. The van der Waals surface area contributed by atoms with E-state index in [0.29, 0.717) is 26.1 Å². The summed E-state index contributed by atoms with van der Waals surface area (Å²) in [5, 5.41) is 7.56. The molecule has 0 aliphatic rings. The molecule has 1 aromatic heterocycles. The summed E-state index contributed by atoms with van der Waals surface area (Å²) in [5.74, 6) is 0.0280. The molecule has 0 bridgehead atoms. The summed E-state index contributed by atoms with van der Waals surface area (Å²) in [6.07, 6.45) is 6.53.